The maximum atomic E-state index is 8.64. The van der Waals surface area contributed by atoms with E-state index in [9.17, 15) is 0 Å². The van der Waals surface area contributed by atoms with E-state index in [2.05, 4.69) is 15.1 Å². The van der Waals surface area contributed by atoms with Crippen LogP contribution >= 0.6 is 11.6 Å². The topological polar surface area (TPSA) is 93.6 Å². The van der Waals surface area contributed by atoms with E-state index >= 15 is 0 Å². The molecule has 0 amide bonds. The van der Waals surface area contributed by atoms with E-state index in [-0.39, 0.29) is 11.8 Å². The van der Waals surface area contributed by atoms with E-state index < -0.39 is 0 Å². The largest absolute Gasteiger partial charge is 0.424 e. The molecule has 0 atom stereocenters. The zero-order valence-corrected chi connectivity index (χ0v) is 10.8. The van der Waals surface area contributed by atoms with Crippen LogP contribution in [0, 0.1) is 6.92 Å². The predicted molar refractivity (Wildman–Crippen MR) is 70.8 cm³/mol. The minimum absolute atomic E-state index is 0.105. The quantitative estimate of drug-likeness (QED) is 0.389. The monoisotopic (exact) mass is 278 g/mol. The fourth-order valence-electron chi connectivity index (χ4n) is 1.38. The molecule has 1 heterocycles. The van der Waals surface area contributed by atoms with Gasteiger partial charge >= 0.3 is 6.01 Å². The van der Waals surface area contributed by atoms with Crippen molar-refractivity contribution in [3.8, 4) is 11.8 Å². The molecule has 0 saturated carbocycles. The summed E-state index contributed by atoms with van der Waals surface area (Å²) >= 11 is 5.78. The molecule has 19 heavy (non-hydrogen) atoms. The first-order valence-electron chi connectivity index (χ1n) is 5.35. The summed E-state index contributed by atoms with van der Waals surface area (Å²) in [6.07, 6.45) is 0. The van der Waals surface area contributed by atoms with Gasteiger partial charge in [-0.2, -0.15) is 4.98 Å². The van der Waals surface area contributed by atoms with Crippen LogP contribution in [0.25, 0.3) is 0 Å². The molecule has 0 spiro atoms. The molecule has 0 unspecified atom stereocenters. The molecular weight excluding hydrogens is 268 g/mol. The zero-order chi connectivity index (χ0) is 13.8. The Balaban J connectivity index is 2.30. The van der Waals surface area contributed by atoms with E-state index in [1.54, 1.807) is 37.3 Å². The van der Waals surface area contributed by atoms with Crippen LogP contribution in [0.5, 0.6) is 11.8 Å². The molecular formula is C12H11ClN4O2. The van der Waals surface area contributed by atoms with Crippen molar-refractivity contribution in [1.82, 2.24) is 9.97 Å². The van der Waals surface area contributed by atoms with E-state index in [1.807, 2.05) is 0 Å². The van der Waals surface area contributed by atoms with Gasteiger partial charge in [-0.3, -0.25) is 0 Å². The molecule has 0 aliphatic rings. The molecule has 6 nitrogen and oxygen atoms in total. The van der Waals surface area contributed by atoms with Crippen LogP contribution < -0.4 is 10.5 Å². The third kappa shape index (κ3) is 3.32. The molecule has 1 aromatic heterocycles. The maximum absolute atomic E-state index is 8.64. The molecule has 0 aliphatic heterocycles. The normalized spacial score (nSPS) is 11.4. The molecule has 2 aromatic rings. The fraction of sp³-hybridized carbons (Fsp3) is 0.0833. The minimum atomic E-state index is -0.105. The van der Waals surface area contributed by atoms with Gasteiger partial charge in [0.1, 0.15) is 11.4 Å². The van der Waals surface area contributed by atoms with E-state index in [0.717, 1.165) is 0 Å². The number of oxime groups is 1. The van der Waals surface area contributed by atoms with Crippen LogP contribution in [0.1, 0.15) is 11.4 Å². The Kier molecular flexibility index (Phi) is 3.82. The molecule has 3 N–H and O–H groups in total. The number of amidine groups is 1. The lowest BCUT2D eigenvalue weighted by molar-refractivity contribution is 0.318. The smallest absolute Gasteiger partial charge is 0.322 e. The first kappa shape index (κ1) is 13.1. The number of nitrogens with zero attached hydrogens (tertiary/aromatic N) is 3. The number of nitrogens with two attached hydrogens (primary N) is 1. The summed E-state index contributed by atoms with van der Waals surface area (Å²) in [6.45, 7) is 1.75. The molecule has 7 heteroatoms. The molecule has 1 aromatic carbocycles. The number of aromatic nitrogens is 2. The highest BCUT2D eigenvalue weighted by Crippen LogP contribution is 2.20. The van der Waals surface area contributed by atoms with Crippen molar-refractivity contribution in [1.29, 1.82) is 0 Å². The van der Waals surface area contributed by atoms with Gasteiger partial charge in [-0.25, -0.2) is 4.98 Å². The minimum Gasteiger partial charge on any atom is -0.424 e. The number of rotatable bonds is 3. The Morgan fingerprint density at radius 3 is 2.63 bits per heavy atom. The number of ether oxygens (including phenoxy) is 1. The van der Waals surface area contributed by atoms with Crippen LogP contribution in [0.4, 0.5) is 0 Å². The van der Waals surface area contributed by atoms with Crippen molar-refractivity contribution >= 4 is 17.4 Å². The summed E-state index contributed by atoms with van der Waals surface area (Å²) in [6, 6.07) is 8.47. The Morgan fingerprint density at radius 2 is 2.00 bits per heavy atom. The van der Waals surface area contributed by atoms with Gasteiger partial charge in [0.05, 0.1) is 0 Å². The Hall–Kier alpha value is -2.34. The van der Waals surface area contributed by atoms with Gasteiger partial charge in [-0.15, -0.1) is 0 Å². The summed E-state index contributed by atoms with van der Waals surface area (Å²) in [5.41, 5.74) is 6.41. The highest BCUT2D eigenvalue weighted by Gasteiger charge is 2.08. The van der Waals surface area contributed by atoms with Crippen molar-refractivity contribution in [3.63, 3.8) is 0 Å². The summed E-state index contributed by atoms with van der Waals surface area (Å²) in [5.74, 6) is 0.437. The Labute approximate surface area is 114 Å². The van der Waals surface area contributed by atoms with Crippen LogP contribution in [0.3, 0.4) is 0 Å². The second-order valence-electron chi connectivity index (χ2n) is 3.72. The average Bonchev–Trinajstić information content (AvgIpc) is 2.40. The van der Waals surface area contributed by atoms with E-state index in [0.29, 0.717) is 22.2 Å². The van der Waals surface area contributed by atoms with Crippen LogP contribution in [0.15, 0.2) is 35.5 Å². The summed E-state index contributed by atoms with van der Waals surface area (Å²) in [7, 11) is 0. The zero-order valence-electron chi connectivity index (χ0n) is 10.0. The molecule has 0 bridgehead atoms. The molecule has 0 saturated heterocycles. The third-order valence-corrected chi connectivity index (χ3v) is 2.48. The van der Waals surface area contributed by atoms with E-state index in [4.69, 9.17) is 27.3 Å². The van der Waals surface area contributed by atoms with Crippen molar-refractivity contribution < 1.29 is 9.94 Å². The maximum Gasteiger partial charge on any atom is 0.322 e. The highest BCUT2D eigenvalue weighted by molar-refractivity contribution is 6.30. The summed E-state index contributed by atoms with van der Waals surface area (Å²) < 4.78 is 5.48. The fourth-order valence-corrected chi connectivity index (χ4v) is 1.50. The molecule has 2 rings (SSSR count). The second kappa shape index (κ2) is 5.53. The van der Waals surface area contributed by atoms with Gasteiger partial charge in [0, 0.05) is 10.7 Å². The van der Waals surface area contributed by atoms with Gasteiger partial charge in [0.2, 0.25) is 0 Å². The SMILES string of the molecule is Cc1cc(/C(N)=N/O)nc(Oc2ccc(Cl)cc2)n1. The van der Waals surface area contributed by atoms with Gasteiger partial charge in [0.25, 0.3) is 0 Å². The van der Waals surface area contributed by atoms with Gasteiger partial charge in [0.15, 0.2) is 5.84 Å². The number of hydrogen-bond acceptors (Lipinski definition) is 5. The van der Waals surface area contributed by atoms with Crippen LogP contribution in [0.2, 0.25) is 5.02 Å². The Bertz CT molecular complexity index is 614. The number of benzene rings is 1. The van der Waals surface area contributed by atoms with Crippen molar-refractivity contribution in [2.75, 3.05) is 0 Å². The van der Waals surface area contributed by atoms with Gasteiger partial charge < -0.3 is 15.7 Å². The van der Waals surface area contributed by atoms with E-state index in [1.165, 1.54) is 0 Å². The number of halogens is 1. The van der Waals surface area contributed by atoms with Crippen molar-refractivity contribution in [2.24, 2.45) is 10.9 Å². The number of aryl methyl sites for hydroxylation is 1. The van der Waals surface area contributed by atoms with Crippen LogP contribution in [-0.4, -0.2) is 21.0 Å². The average molecular weight is 279 g/mol. The number of hydrogen-bond donors (Lipinski definition) is 2. The van der Waals surface area contributed by atoms with Gasteiger partial charge in [-0.1, -0.05) is 16.8 Å². The lowest BCUT2D eigenvalue weighted by atomic mass is 10.3. The summed E-state index contributed by atoms with van der Waals surface area (Å²) in [4.78, 5) is 8.15. The lowest BCUT2D eigenvalue weighted by Crippen LogP contribution is -2.16. The molecule has 0 fully saturated rings. The van der Waals surface area contributed by atoms with Crippen molar-refractivity contribution in [2.45, 2.75) is 6.92 Å². The second-order valence-corrected chi connectivity index (χ2v) is 4.15. The van der Waals surface area contributed by atoms with Crippen molar-refractivity contribution in [3.05, 3.63) is 46.7 Å². The first-order valence-corrected chi connectivity index (χ1v) is 5.73. The molecule has 0 radical (unpaired) electrons. The molecule has 0 aliphatic carbocycles. The Morgan fingerprint density at radius 1 is 1.32 bits per heavy atom. The van der Waals surface area contributed by atoms with Crippen LogP contribution in [-0.2, 0) is 0 Å². The highest BCUT2D eigenvalue weighted by atomic mass is 35.5. The first-order chi connectivity index (χ1) is 9.08. The summed E-state index contributed by atoms with van der Waals surface area (Å²) in [5, 5.41) is 12.1. The predicted octanol–water partition coefficient (Wildman–Crippen LogP) is 2.33. The standard InChI is InChI=1S/C12H11ClN4O2/c1-7-6-10(11(14)17-18)16-12(15-7)19-9-4-2-8(13)3-5-9/h2-6,18H,1H3,(H2,14,17). The third-order valence-electron chi connectivity index (χ3n) is 2.23. The molecule has 98 valence electrons. The van der Waals surface area contributed by atoms with Gasteiger partial charge in [-0.05, 0) is 37.3 Å². The lowest BCUT2D eigenvalue weighted by Gasteiger charge is -2.06.